The van der Waals surface area contributed by atoms with Gasteiger partial charge in [-0.15, -0.1) is 0 Å². The summed E-state index contributed by atoms with van der Waals surface area (Å²) in [6.07, 6.45) is 6.65. The zero-order valence-corrected chi connectivity index (χ0v) is 11.9. The molecule has 114 valence electrons. The van der Waals surface area contributed by atoms with Gasteiger partial charge in [0.15, 0.2) is 0 Å². The molecule has 0 bridgehead atoms. The summed E-state index contributed by atoms with van der Waals surface area (Å²) in [4.78, 5) is 11.3. The molecular formula is C16H20FNO3. The lowest BCUT2D eigenvalue weighted by Crippen LogP contribution is -2.47. The van der Waals surface area contributed by atoms with Gasteiger partial charge in [0.2, 0.25) is 0 Å². The van der Waals surface area contributed by atoms with E-state index in [1.54, 1.807) is 6.07 Å². The molecule has 4 nitrogen and oxygen atoms in total. The van der Waals surface area contributed by atoms with Gasteiger partial charge in [-0.1, -0.05) is 6.07 Å². The molecule has 2 N–H and O–H groups in total. The van der Waals surface area contributed by atoms with E-state index in [4.69, 9.17) is 15.2 Å². The van der Waals surface area contributed by atoms with E-state index >= 15 is 0 Å². The van der Waals surface area contributed by atoms with Gasteiger partial charge in [0.25, 0.3) is 5.91 Å². The first-order valence-corrected chi connectivity index (χ1v) is 7.49. The fraction of sp³-hybridized carbons (Fsp3) is 0.562. The Hall–Kier alpha value is -1.62. The predicted octanol–water partition coefficient (Wildman–Crippen LogP) is 2.80. The van der Waals surface area contributed by atoms with Crippen molar-refractivity contribution in [1.29, 1.82) is 0 Å². The van der Waals surface area contributed by atoms with Crippen LogP contribution in [0.4, 0.5) is 4.39 Å². The quantitative estimate of drug-likeness (QED) is 0.928. The summed E-state index contributed by atoms with van der Waals surface area (Å²) in [7, 11) is 0. The normalized spacial score (nSPS) is 23.6. The number of nitrogens with two attached hydrogens (primary N) is 1. The van der Waals surface area contributed by atoms with Crippen LogP contribution >= 0.6 is 0 Å². The summed E-state index contributed by atoms with van der Waals surface area (Å²) in [5.74, 6) is -1.28. The smallest absolute Gasteiger partial charge is 0.255 e. The van der Waals surface area contributed by atoms with E-state index < -0.39 is 11.7 Å². The van der Waals surface area contributed by atoms with Gasteiger partial charge in [-0.3, -0.25) is 4.79 Å². The molecule has 1 aliphatic carbocycles. The minimum atomic E-state index is -0.817. The van der Waals surface area contributed by atoms with Gasteiger partial charge in [-0.2, -0.15) is 0 Å². The highest BCUT2D eigenvalue weighted by atomic mass is 19.1. The van der Waals surface area contributed by atoms with Crippen molar-refractivity contribution in [3.05, 3.63) is 29.6 Å². The zero-order valence-electron chi connectivity index (χ0n) is 11.9. The Morgan fingerprint density at radius 1 is 1.38 bits per heavy atom. The van der Waals surface area contributed by atoms with E-state index in [2.05, 4.69) is 0 Å². The Morgan fingerprint density at radius 2 is 2.14 bits per heavy atom. The van der Waals surface area contributed by atoms with Crippen LogP contribution in [0.15, 0.2) is 18.2 Å². The van der Waals surface area contributed by atoms with Gasteiger partial charge in [-0.25, -0.2) is 4.39 Å². The number of rotatable bonds is 4. The van der Waals surface area contributed by atoms with Crippen LogP contribution in [0.25, 0.3) is 0 Å². The lowest BCUT2D eigenvalue weighted by Gasteiger charge is -2.47. The molecule has 1 atom stereocenters. The Morgan fingerprint density at radius 3 is 2.81 bits per heavy atom. The zero-order chi connectivity index (χ0) is 14.9. The lowest BCUT2D eigenvalue weighted by atomic mass is 9.74. The third kappa shape index (κ3) is 2.88. The highest BCUT2D eigenvalue weighted by molar-refractivity contribution is 5.95. The maximum Gasteiger partial charge on any atom is 0.255 e. The minimum absolute atomic E-state index is 0.00282. The number of primary amides is 1. The molecular weight excluding hydrogens is 273 g/mol. The van der Waals surface area contributed by atoms with E-state index in [9.17, 15) is 9.18 Å². The Labute approximate surface area is 123 Å². The molecule has 1 heterocycles. The maximum absolute atomic E-state index is 13.6. The second kappa shape index (κ2) is 5.64. The molecule has 0 aromatic heterocycles. The van der Waals surface area contributed by atoms with Gasteiger partial charge >= 0.3 is 0 Å². The second-order valence-electron chi connectivity index (χ2n) is 5.96. The highest BCUT2D eigenvalue weighted by Gasteiger charge is 2.42. The molecule has 1 aromatic carbocycles. The monoisotopic (exact) mass is 293 g/mol. The van der Waals surface area contributed by atoms with Crippen molar-refractivity contribution in [2.24, 2.45) is 5.73 Å². The van der Waals surface area contributed by atoms with Gasteiger partial charge < -0.3 is 15.2 Å². The van der Waals surface area contributed by atoms with Crippen LogP contribution in [-0.2, 0) is 4.74 Å². The average molecular weight is 293 g/mol. The largest absolute Gasteiger partial charge is 0.490 e. The van der Waals surface area contributed by atoms with E-state index in [1.807, 2.05) is 0 Å². The number of carbonyl (C=O) groups excluding carboxylic acids is 1. The molecule has 1 unspecified atom stereocenters. The molecule has 0 radical (unpaired) electrons. The fourth-order valence-corrected chi connectivity index (χ4v) is 3.23. The van der Waals surface area contributed by atoms with Crippen molar-refractivity contribution < 1.29 is 18.7 Å². The summed E-state index contributed by atoms with van der Waals surface area (Å²) < 4.78 is 25.4. The van der Waals surface area contributed by atoms with Crippen LogP contribution < -0.4 is 10.5 Å². The molecule has 1 spiro atoms. The van der Waals surface area contributed by atoms with E-state index in [0.29, 0.717) is 6.61 Å². The van der Waals surface area contributed by atoms with Gasteiger partial charge in [0, 0.05) is 0 Å². The molecule has 1 saturated heterocycles. The van der Waals surface area contributed by atoms with Crippen molar-refractivity contribution in [1.82, 2.24) is 0 Å². The first kappa shape index (κ1) is 14.3. The van der Waals surface area contributed by atoms with Crippen molar-refractivity contribution >= 4 is 5.91 Å². The van der Waals surface area contributed by atoms with Crippen molar-refractivity contribution in [3.63, 3.8) is 0 Å². The van der Waals surface area contributed by atoms with Crippen molar-refractivity contribution in [2.45, 2.75) is 50.2 Å². The molecule has 1 aliphatic heterocycles. The Kier molecular flexibility index (Phi) is 3.85. The van der Waals surface area contributed by atoms with Gasteiger partial charge in [0.1, 0.15) is 23.7 Å². The minimum Gasteiger partial charge on any atom is -0.490 e. The van der Waals surface area contributed by atoms with Crippen LogP contribution in [0, 0.1) is 5.82 Å². The Balaban J connectivity index is 1.65. The third-order valence-corrected chi connectivity index (χ3v) is 4.49. The molecule has 5 heteroatoms. The summed E-state index contributed by atoms with van der Waals surface area (Å²) in [5.41, 5.74) is 5.08. The molecule has 21 heavy (non-hydrogen) atoms. The summed E-state index contributed by atoms with van der Waals surface area (Å²) in [5, 5.41) is 0. The van der Waals surface area contributed by atoms with Crippen molar-refractivity contribution in [3.8, 4) is 5.75 Å². The molecule has 1 aromatic rings. The van der Waals surface area contributed by atoms with Crippen LogP contribution in [-0.4, -0.2) is 24.2 Å². The summed E-state index contributed by atoms with van der Waals surface area (Å²) in [6.45, 7) is 0.325. The van der Waals surface area contributed by atoms with E-state index in [1.165, 1.54) is 18.6 Å². The number of ether oxygens (including phenoxy) is 2. The van der Waals surface area contributed by atoms with Crippen LogP contribution in [0.1, 0.15) is 48.9 Å². The predicted molar refractivity (Wildman–Crippen MR) is 75.7 cm³/mol. The third-order valence-electron chi connectivity index (χ3n) is 4.49. The summed E-state index contributed by atoms with van der Waals surface area (Å²) in [6, 6.07) is 4.27. The van der Waals surface area contributed by atoms with Crippen LogP contribution in [0.3, 0.4) is 0 Å². The fourth-order valence-electron chi connectivity index (χ4n) is 3.23. The Bertz CT molecular complexity index is 542. The highest BCUT2D eigenvalue weighted by Crippen LogP contribution is 2.44. The topological polar surface area (TPSA) is 61.6 Å². The number of carbonyl (C=O) groups is 1. The average Bonchev–Trinajstić information content (AvgIpc) is 2.43. The number of amides is 1. The molecule has 2 fully saturated rings. The SMILES string of the molecule is NC(=O)c1c(F)cccc1OCC1CCCC2(CCC2)O1. The van der Waals surface area contributed by atoms with E-state index in [0.717, 1.165) is 32.1 Å². The molecule has 1 saturated carbocycles. The van der Waals surface area contributed by atoms with Crippen LogP contribution in [0.5, 0.6) is 5.75 Å². The van der Waals surface area contributed by atoms with E-state index in [-0.39, 0.29) is 23.0 Å². The first-order valence-electron chi connectivity index (χ1n) is 7.49. The molecule has 3 rings (SSSR count). The number of hydrogen-bond acceptors (Lipinski definition) is 3. The summed E-state index contributed by atoms with van der Waals surface area (Å²) >= 11 is 0. The number of benzene rings is 1. The number of hydrogen-bond donors (Lipinski definition) is 1. The number of halogens is 1. The molecule has 2 aliphatic rings. The lowest BCUT2D eigenvalue weighted by molar-refractivity contribution is -0.176. The standard InChI is InChI=1S/C16H20FNO3/c17-12-5-1-6-13(14(12)15(18)19)20-10-11-4-2-7-16(21-11)8-3-9-16/h1,5-6,11H,2-4,7-10H2,(H2,18,19). The van der Waals surface area contributed by atoms with Crippen LogP contribution in [0.2, 0.25) is 0 Å². The van der Waals surface area contributed by atoms with Gasteiger partial charge in [0.05, 0.1) is 11.7 Å². The van der Waals surface area contributed by atoms with Crippen molar-refractivity contribution in [2.75, 3.05) is 6.61 Å². The molecule has 1 amide bonds. The first-order chi connectivity index (χ1) is 10.1. The second-order valence-corrected chi connectivity index (χ2v) is 5.96. The van der Waals surface area contributed by atoms with Gasteiger partial charge in [-0.05, 0) is 50.7 Å². The maximum atomic E-state index is 13.6.